The van der Waals surface area contributed by atoms with Crippen LogP contribution < -0.4 is 15.4 Å². The normalized spacial score (nSPS) is 28.8. The standard InChI is InChI=1S/C31H40ClN5O4S.CH4/c1-31(25-8-4-5-9-28(25)42(40,41)35-31)37-16-14-36(15-17-37)30(39)27(18-21-10-12-23(32)13-11-21)34-29(38)19-26-24-7-3-2-6-22(24)20-33-26;/h2-3,6-7,10-13,25-28,33,35H,4-5,8-9,14-20H2,1H3,(H,34,38);1H4. The number of hydrogen-bond donors (Lipinski definition) is 3. The Morgan fingerprint density at radius 2 is 1.74 bits per heavy atom. The second-order valence-electron chi connectivity index (χ2n) is 12.3. The van der Waals surface area contributed by atoms with Crippen molar-refractivity contribution in [2.45, 2.75) is 82.4 Å². The lowest BCUT2D eigenvalue weighted by molar-refractivity contribution is -0.139. The molecule has 5 atom stereocenters. The minimum Gasteiger partial charge on any atom is -0.344 e. The van der Waals surface area contributed by atoms with Crippen LogP contribution in [0.1, 0.15) is 69.2 Å². The molecule has 0 radical (unpaired) electrons. The van der Waals surface area contributed by atoms with Gasteiger partial charge in [0.1, 0.15) is 6.04 Å². The largest absolute Gasteiger partial charge is 0.344 e. The molecular formula is C32H44ClN5O4S. The van der Waals surface area contributed by atoms with Gasteiger partial charge in [0.2, 0.25) is 21.8 Å². The minimum atomic E-state index is -3.36. The molecule has 0 spiro atoms. The maximum Gasteiger partial charge on any atom is 0.245 e. The van der Waals surface area contributed by atoms with Crippen molar-refractivity contribution in [3.05, 3.63) is 70.2 Å². The third-order valence-electron chi connectivity index (χ3n) is 9.77. The SMILES string of the molecule is C.CC1(N2CCN(C(=O)C(Cc3ccc(Cl)cc3)NC(=O)CC3NCc4ccccc43)CC2)NS(=O)(=O)C2CCCCC21. The molecule has 3 fully saturated rings. The van der Waals surface area contributed by atoms with Crippen molar-refractivity contribution in [1.29, 1.82) is 0 Å². The third-order valence-corrected chi connectivity index (χ3v) is 12.1. The molecule has 0 bridgehead atoms. The first-order valence-corrected chi connectivity index (χ1v) is 17.0. The number of hydrogen-bond acceptors (Lipinski definition) is 6. The molecule has 4 aliphatic rings. The molecule has 43 heavy (non-hydrogen) atoms. The maximum absolute atomic E-state index is 13.9. The first-order valence-electron chi connectivity index (χ1n) is 15.1. The van der Waals surface area contributed by atoms with Gasteiger partial charge in [0.25, 0.3) is 0 Å². The Bertz CT molecular complexity index is 1430. The average Bonchev–Trinajstić information content (AvgIpc) is 3.49. The summed E-state index contributed by atoms with van der Waals surface area (Å²) in [5.74, 6) is -0.249. The summed E-state index contributed by atoms with van der Waals surface area (Å²) in [6.07, 6.45) is 4.20. The number of halogens is 1. The van der Waals surface area contributed by atoms with Crippen molar-refractivity contribution in [3.63, 3.8) is 0 Å². The lowest BCUT2D eigenvalue weighted by Crippen LogP contribution is -2.64. The molecular weight excluding hydrogens is 586 g/mol. The number of rotatable bonds is 7. The Balaban J connectivity index is 0.00000368. The first kappa shape index (κ1) is 31.9. The molecule has 2 saturated heterocycles. The highest BCUT2D eigenvalue weighted by atomic mass is 35.5. The molecule has 1 saturated carbocycles. The number of fused-ring (bicyclic) bond motifs is 2. The molecule has 6 rings (SSSR count). The van der Waals surface area contributed by atoms with Crippen LogP contribution in [0.15, 0.2) is 48.5 Å². The van der Waals surface area contributed by atoms with E-state index in [2.05, 4.69) is 26.3 Å². The van der Waals surface area contributed by atoms with Gasteiger partial charge in [-0.15, -0.1) is 0 Å². The van der Waals surface area contributed by atoms with E-state index < -0.39 is 21.7 Å². The Morgan fingerprint density at radius 1 is 1.05 bits per heavy atom. The predicted octanol–water partition coefficient (Wildman–Crippen LogP) is 3.59. The molecule has 2 amide bonds. The van der Waals surface area contributed by atoms with Crippen LogP contribution in [0.5, 0.6) is 0 Å². The number of nitrogens with zero attached hydrogens (tertiary/aromatic N) is 2. The van der Waals surface area contributed by atoms with Crippen molar-refractivity contribution in [3.8, 4) is 0 Å². The van der Waals surface area contributed by atoms with E-state index in [1.54, 1.807) is 12.1 Å². The van der Waals surface area contributed by atoms with E-state index in [9.17, 15) is 18.0 Å². The van der Waals surface area contributed by atoms with Gasteiger partial charge in [-0.2, -0.15) is 4.72 Å². The number of sulfonamides is 1. The van der Waals surface area contributed by atoms with E-state index in [0.29, 0.717) is 44.0 Å². The molecule has 5 unspecified atom stereocenters. The highest BCUT2D eigenvalue weighted by Crippen LogP contribution is 2.44. The van der Waals surface area contributed by atoms with Crippen LogP contribution >= 0.6 is 11.6 Å². The van der Waals surface area contributed by atoms with E-state index in [1.165, 1.54) is 5.56 Å². The van der Waals surface area contributed by atoms with Crippen LogP contribution in [-0.2, 0) is 32.6 Å². The van der Waals surface area contributed by atoms with Crippen LogP contribution in [0.2, 0.25) is 5.02 Å². The van der Waals surface area contributed by atoms with Crippen LogP contribution in [0.3, 0.4) is 0 Å². The summed E-state index contributed by atoms with van der Waals surface area (Å²) < 4.78 is 28.9. The molecule has 9 nitrogen and oxygen atoms in total. The zero-order valence-corrected chi connectivity index (χ0v) is 25.6. The lowest BCUT2D eigenvalue weighted by Gasteiger charge is -2.47. The highest BCUT2D eigenvalue weighted by Gasteiger charge is 2.57. The Hall–Kier alpha value is -2.50. The molecule has 2 aromatic rings. The minimum absolute atomic E-state index is 0. The maximum atomic E-state index is 13.9. The first-order chi connectivity index (χ1) is 20.1. The van der Waals surface area contributed by atoms with Crippen molar-refractivity contribution < 1.29 is 18.0 Å². The molecule has 3 heterocycles. The zero-order chi connectivity index (χ0) is 29.5. The molecule has 3 N–H and O–H groups in total. The number of nitrogens with one attached hydrogen (secondary N) is 3. The van der Waals surface area contributed by atoms with Gasteiger partial charge < -0.3 is 15.5 Å². The van der Waals surface area contributed by atoms with Crippen molar-refractivity contribution in [1.82, 2.24) is 25.2 Å². The summed E-state index contributed by atoms with van der Waals surface area (Å²) in [5, 5.41) is 6.74. The van der Waals surface area contributed by atoms with Crippen LogP contribution in [0, 0.1) is 5.92 Å². The Kier molecular flexibility index (Phi) is 9.54. The fourth-order valence-electron chi connectivity index (χ4n) is 7.52. The summed E-state index contributed by atoms with van der Waals surface area (Å²) in [6, 6.07) is 14.6. The van der Waals surface area contributed by atoms with Gasteiger partial charge in [-0.25, -0.2) is 8.42 Å². The number of carbonyl (C=O) groups is 2. The summed E-state index contributed by atoms with van der Waals surface area (Å²) in [5.41, 5.74) is 2.60. The van der Waals surface area contributed by atoms with Gasteiger partial charge in [0.15, 0.2) is 0 Å². The Labute approximate surface area is 260 Å². The van der Waals surface area contributed by atoms with Gasteiger partial charge in [-0.3, -0.25) is 14.5 Å². The zero-order valence-electron chi connectivity index (χ0n) is 24.0. The molecule has 234 valence electrons. The predicted molar refractivity (Wildman–Crippen MR) is 169 cm³/mol. The summed E-state index contributed by atoms with van der Waals surface area (Å²) in [4.78, 5) is 31.2. The van der Waals surface area contributed by atoms with Gasteiger partial charge in [-0.05, 0) is 48.6 Å². The molecule has 0 aromatic heterocycles. The molecule has 2 aromatic carbocycles. The van der Waals surface area contributed by atoms with Gasteiger partial charge in [-0.1, -0.05) is 68.3 Å². The van der Waals surface area contributed by atoms with Crippen LogP contribution in [-0.4, -0.2) is 73.2 Å². The average molecular weight is 630 g/mol. The fourth-order valence-corrected chi connectivity index (χ4v) is 9.96. The quantitative estimate of drug-likeness (QED) is 0.432. The summed E-state index contributed by atoms with van der Waals surface area (Å²) in [7, 11) is -3.36. The number of carbonyl (C=O) groups excluding carboxylic acids is 2. The van der Waals surface area contributed by atoms with E-state index in [1.807, 2.05) is 42.2 Å². The van der Waals surface area contributed by atoms with Gasteiger partial charge >= 0.3 is 0 Å². The van der Waals surface area contributed by atoms with Crippen molar-refractivity contribution in [2.24, 2.45) is 5.92 Å². The monoisotopic (exact) mass is 629 g/mol. The highest BCUT2D eigenvalue weighted by molar-refractivity contribution is 7.90. The summed E-state index contributed by atoms with van der Waals surface area (Å²) >= 11 is 6.09. The smallest absolute Gasteiger partial charge is 0.245 e. The van der Waals surface area contributed by atoms with E-state index in [-0.39, 0.29) is 42.9 Å². The summed E-state index contributed by atoms with van der Waals surface area (Å²) in [6.45, 7) is 4.81. The number of benzene rings is 2. The third kappa shape index (κ3) is 6.49. The second kappa shape index (κ2) is 12.9. The van der Waals surface area contributed by atoms with E-state index >= 15 is 0 Å². The number of amides is 2. The molecule has 1 aliphatic carbocycles. The van der Waals surface area contributed by atoms with Crippen LogP contribution in [0.4, 0.5) is 0 Å². The molecule has 3 aliphatic heterocycles. The van der Waals surface area contributed by atoms with E-state index in [0.717, 1.165) is 36.9 Å². The van der Waals surface area contributed by atoms with Gasteiger partial charge in [0, 0.05) is 62.5 Å². The van der Waals surface area contributed by atoms with Gasteiger partial charge in [0.05, 0.1) is 10.9 Å². The molecule has 11 heteroatoms. The van der Waals surface area contributed by atoms with Crippen LogP contribution in [0.25, 0.3) is 0 Å². The topological polar surface area (TPSA) is 111 Å². The van der Waals surface area contributed by atoms with Crippen molar-refractivity contribution in [2.75, 3.05) is 26.2 Å². The van der Waals surface area contributed by atoms with E-state index in [4.69, 9.17) is 11.6 Å². The lowest BCUT2D eigenvalue weighted by atomic mass is 9.79. The van der Waals surface area contributed by atoms with Crippen molar-refractivity contribution >= 4 is 33.4 Å². The second-order valence-corrected chi connectivity index (χ2v) is 14.7. The fraction of sp³-hybridized carbons (Fsp3) is 0.562. The number of piperazine rings is 1. The Morgan fingerprint density at radius 3 is 2.49 bits per heavy atom.